The van der Waals surface area contributed by atoms with Gasteiger partial charge in [0.2, 0.25) is 5.89 Å². The maximum Gasteiger partial charge on any atom is 0.409 e. The summed E-state index contributed by atoms with van der Waals surface area (Å²) >= 11 is 0. The maximum absolute atomic E-state index is 12.7. The lowest BCUT2D eigenvalue weighted by Crippen LogP contribution is -2.44. The van der Waals surface area contributed by atoms with Crippen molar-refractivity contribution in [2.45, 2.75) is 52.9 Å². The summed E-state index contributed by atoms with van der Waals surface area (Å²) in [6, 6.07) is 17.8. The number of oxazole rings is 1. The van der Waals surface area contributed by atoms with Crippen LogP contribution in [-0.2, 0) is 20.7 Å². The van der Waals surface area contributed by atoms with Crippen LogP contribution in [0, 0.1) is 18.8 Å². The van der Waals surface area contributed by atoms with E-state index >= 15 is 0 Å². The average Bonchev–Trinajstić information content (AvgIpc) is 3.33. The molecule has 8 nitrogen and oxygen atoms in total. The fourth-order valence-corrected chi connectivity index (χ4v) is 5.02. The molecule has 214 valence electrons. The number of carbonyl (C=O) groups is 2. The predicted octanol–water partition coefficient (Wildman–Crippen LogP) is 6.42. The van der Waals surface area contributed by atoms with Gasteiger partial charge in [0.25, 0.3) is 0 Å². The molecule has 0 radical (unpaired) electrons. The number of piperidine rings is 1. The van der Waals surface area contributed by atoms with Crippen molar-refractivity contribution in [3.05, 3.63) is 71.6 Å². The van der Waals surface area contributed by atoms with Crippen LogP contribution in [0.25, 0.3) is 11.5 Å². The van der Waals surface area contributed by atoms with Crippen molar-refractivity contribution in [1.29, 1.82) is 0 Å². The van der Waals surface area contributed by atoms with Crippen LogP contribution >= 0.6 is 0 Å². The van der Waals surface area contributed by atoms with Crippen molar-refractivity contribution in [3.8, 4) is 17.2 Å². The Bertz CT molecular complexity index is 1260. The molecule has 1 aliphatic heterocycles. The molecule has 0 bridgehead atoms. The molecule has 1 saturated heterocycles. The molecule has 0 spiro atoms. The second-order valence-corrected chi connectivity index (χ2v) is 10.6. The van der Waals surface area contributed by atoms with Crippen LogP contribution in [0.4, 0.5) is 4.79 Å². The summed E-state index contributed by atoms with van der Waals surface area (Å²) in [5.74, 6) is 2.19. The molecule has 0 aliphatic carbocycles. The molecule has 2 heterocycles. The number of hydrogen-bond acceptors (Lipinski definition) is 7. The molecule has 2 atom stereocenters. The van der Waals surface area contributed by atoms with Crippen LogP contribution in [0.15, 0.2) is 59.0 Å². The second-order valence-electron chi connectivity index (χ2n) is 10.6. The minimum absolute atomic E-state index is 0.0421. The Morgan fingerprint density at radius 3 is 2.65 bits per heavy atom. The molecule has 0 N–H and O–H groups in total. The molecule has 8 heteroatoms. The number of ether oxygens (including phenoxy) is 3. The summed E-state index contributed by atoms with van der Waals surface area (Å²) in [6.45, 7) is 9.96. The van der Waals surface area contributed by atoms with E-state index in [9.17, 15) is 9.59 Å². The van der Waals surface area contributed by atoms with E-state index in [4.69, 9.17) is 18.6 Å². The number of nitrogens with zero attached hydrogens (tertiary/aromatic N) is 2. The molecule has 1 amide bonds. The molecular formula is C32H40N2O6. The maximum atomic E-state index is 12.7. The highest BCUT2D eigenvalue weighted by molar-refractivity contribution is 5.70. The minimum Gasteiger partial charge on any atom is -0.493 e. The fraction of sp³-hybridized carbons (Fsp3) is 0.469. The zero-order chi connectivity index (χ0) is 28.5. The van der Waals surface area contributed by atoms with E-state index in [1.54, 1.807) is 4.90 Å². The highest BCUT2D eigenvalue weighted by Crippen LogP contribution is 2.36. The Labute approximate surface area is 236 Å². The number of likely N-dealkylation sites (tertiary alicyclic amines) is 1. The highest BCUT2D eigenvalue weighted by Gasteiger charge is 2.35. The summed E-state index contributed by atoms with van der Waals surface area (Å²) in [6.07, 6.45) is 1.31. The lowest BCUT2D eigenvalue weighted by Gasteiger charge is -2.38. The Morgan fingerprint density at radius 1 is 1.10 bits per heavy atom. The number of carbonyl (C=O) groups excluding carboxylic acids is 2. The fourth-order valence-electron chi connectivity index (χ4n) is 5.02. The van der Waals surface area contributed by atoms with Gasteiger partial charge in [0.15, 0.2) is 0 Å². The van der Waals surface area contributed by atoms with Gasteiger partial charge in [-0.05, 0) is 61.9 Å². The number of aryl methyl sites for hydroxylation is 1. The van der Waals surface area contributed by atoms with E-state index in [0.717, 1.165) is 28.3 Å². The van der Waals surface area contributed by atoms with Crippen LogP contribution < -0.4 is 4.74 Å². The molecule has 1 aliphatic rings. The van der Waals surface area contributed by atoms with Gasteiger partial charge in [-0.2, -0.15) is 0 Å². The molecule has 4 rings (SSSR count). The Kier molecular flexibility index (Phi) is 10.2. The zero-order valence-corrected chi connectivity index (χ0v) is 23.9. The summed E-state index contributed by atoms with van der Waals surface area (Å²) < 4.78 is 22.7. The predicted molar refractivity (Wildman–Crippen MR) is 152 cm³/mol. The van der Waals surface area contributed by atoms with Crippen LogP contribution in [0.1, 0.15) is 56.5 Å². The first-order chi connectivity index (χ1) is 19.3. The van der Waals surface area contributed by atoms with E-state index < -0.39 is 0 Å². The van der Waals surface area contributed by atoms with Crippen molar-refractivity contribution < 1.29 is 28.2 Å². The first kappa shape index (κ1) is 29.2. The Morgan fingerprint density at radius 2 is 1.90 bits per heavy atom. The molecule has 3 aromatic rings. The van der Waals surface area contributed by atoms with Crippen molar-refractivity contribution >= 4 is 12.1 Å². The molecule has 2 aromatic carbocycles. The smallest absolute Gasteiger partial charge is 0.409 e. The molecule has 0 saturated carbocycles. The van der Waals surface area contributed by atoms with Crippen LogP contribution in [0.5, 0.6) is 5.75 Å². The van der Waals surface area contributed by atoms with Gasteiger partial charge in [0, 0.05) is 37.4 Å². The van der Waals surface area contributed by atoms with E-state index in [1.165, 1.54) is 0 Å². The molecule has 1 aromatic heterocycles. The van der Waals surface area contributed by atoms with E-state index in [0.29, 0.717) is 58.1 Å². The first-order valence-electron chi connectivity index (χ1n) is 14.2. The summed E-state index contributed by atoms with van der Waals surface area (Å²) in [5, 5.41) is 0. The van der Waals surface area contributed by atoms with Gasteiger partial charge >= 0.3 is 12.1 Å². The lowest BCUT2D eigenvalue weighted by atomic mass is 9.79. The highest BCUT2D eigenvalue weighted by atomic mass is 16.6. The summed E-state index contributed by atoms with van der Waals surface area (Å²) in [7, 11) is 0. The largest absolute Gasteiger partial charge is 0.493 e. The molecule has 40 heavy (non-hydrogen) atoms. The summed E-state index contributed by atoms with van der Waals surface area (Å²) in [5.41, 5.74) is 2.84. The molecule has 0 unspecified atom stereocenters. The van der Waals surface area contributed by atoms with Crippen LogP contribution in [0.2, 0.25) is 0 Å². The monoisotopic (exact) mass is 548 g/mol. The van der Waals surface area contributed by atoms with Gasteiger partial charge in [0.1, 0.15) is 11.5 Å². The van der Waals surface area contributed by atoms with Gasteiger partial charge in [-0.25, -0.2) is 9.78 Å². The van der Waals surface area contributed by atoms with Crippen molar-refractivity contribution in [1.82, 2.24) is 9.88 Å². The average molecular weight is 549 g/mol. The molecular weight excluding hydrogens is 508 g/mol. The Balaban J connectivity index is 1.43. The zero-order valence-electron chi connectivity index (χ0n) is 23.9. The number of esters is 1. The third-order valence-corrected chi connectivity index (χ3v) is 7.10. The van der Waals surface area contributed by atoms with Crippen LogP contribution in [0.3, 0.4) is 0 Å². The van der Waals surface area contributed by atoms with Crippen molar-refractivity contribution in [2.75, 3.05) is 32.9 Å². The van der Waals surface area contributed by atoms with Gasteiger partial charge < -0.3 is 23.5 Å². The third-order valence-electron chi connectivity index (χ3n) is 7.10. The minimum atomic E-state index is -0.307. The summed E-state index contributed by atoms with van der Waals surface area (Å²) in [4.78, 5) is 31.5. The van der Waals surface area contributed by atoms with Crippen molar-refractivity contribution in [2.24, 2.45) is 11.8 Å². The van der Waals surface area contributed by atoms with Crippen LogP contribution in [-0.4, -0.2) is 54.9 Å². The topological polar surface area (TPSA) is 91.1 Å². The van der Waals surface area contributed by atoms with E-state index in [2.05, 4.69) is 4.98 Å². The first-order valence-corrected chi connectivity index (χ1v) is 14.2. The van der Waals surface area contributed by atoms with Gasteiger partial charge in [-0.3, -0.25) is 4.79 Å². The third kappa shape index (κ3) is 7.87. The number of benzene rings is 2. The van der Waals surface area contributed by atoms with Crippen molar-refractivity contribution in [3.63, 3.8) is 0 Å². The number of amides is 1. The number of hydrogen-bond donors (Lipinski definition) is 0. The normalized spacial score (nSPS) is 17.1. The quantitative estimate of drug-likeness (QED) is 0.255. The molecule has 1 fully saturated rings. The van der Waals surface area contributed by atoms with E-state index in [-0.39, 0.29) is 29.8 Å². The Hall–Kier alpha value is -3.81. The van der Waals surface area contributed by atoms with Gasteiger partial charge in [-0.1, -0.05) is 44.2 Å². The SMILES string of the molecule is CCOC(=O)C[C@H]1CCN(C(=O)OCC(C)C)C[C@H]1c1cccc(OCCc2nc(-c3ccccc3)oc2C)c1. The van der Waals surface area contributed by atoms with E-state index in [1.807, 2.05) is 82.3 Å². The van der Waals surface area contributed by atoms with Gasteiger partial charge in [0.05, 0.1) is 25.5 Å². The second kappa shape index (κ2) is 14.0. The standard InChI is InChI=1S/C32H40N2O6/c1-5-37-30(35)19-26-14-16-34(32(36)39-21-22(2)3)20-28(26)25-12-9-13-27(18-25)38-17-15-29-23(4)40-31(33-29)24-10-7-6-8-11-24/h6-13,18,22,26,28H,5,14-17,19-21H2,1-4H3/t26-,28+/m1/s1. The lowest BCUT2D eigenvalue weighted by molar-refractivity contribution is -0.144. The number of rotatable bonds is 11. The van der Waals surface area contributed by atoms with Gasteiger partial charge in [-0.15, -0.1) is 0 Å². The number of aromatic nitrogens is 1.